The maximum atomic E-state index is 12.9. The van der Waals surface area contributed by atoms with Crippen molar-refractivity contribution < 1.29 is 19.1 Å². The summed E-state index contributed by atoms with van der Waals surface area (Å²) in [4.78, 5) is 57.0. The van der Waals surface area contributed by atoms with Crippen LogP contribution in [0.4, 0.5) is 4.79 Å². The molecule has 1 aliphatic heterocycles. The van der Waals surface area contributed by atoms with E-state index in [1.807, 2.05) is 6.92 Å². The summed E-state index contributed by atoms with van der Waals surface area (Å²) < 4.78 is 5.63. The van der Waals surface area contributed by atoms with Gasteiger partial charge in [-0.1, -0.05) is 19.8 Å². The number of thiophene rings is 1. The molecule has 2 atom stereocenters. The van der Waals surface area contributed by atoms with Gasteiger partial charge in [-0.2, -0.15) is 0 Å². The molecule has 3 heterocycles. The number of ether oxygens (including phenoxy) is 1. The van der Waals surface area contributed by atoms with E-state index in [2.05, 4.69) is 15.3 Å². The first kappa shape index (κ1) is 18.6. The lowest BCUT2D eigenvalue weighted by molar-refractivity contribution is -0.149. The predicted octanol–water partition coefficient (Wildman–Crippen LogP) is 1.53. The lowest BCUT2D eigenvalue weighted by Gasteiger charge is -2.36. The minimum absolute atomic E-state index is 0.0188. The number of urea groups is 1. The highest BCUT2D eigenvalue weighted by Crippen LogP contribution is 2.38. The highest BCUT2D eigenvalue weighted by atomic mass is 32.1. The Kier molecular flexibility index (Phi) is 4.66. The second-order valence-corrected chi connectivity index (χ2v) is 8.16. The Morgan fingerprint density at radius 1 is 1.39 bits per heavy atom. The summed E-state index contributed by atoms with van der Waals surface area (Å²) >= 11 is 1.28. The van der Waals surface area contributed by atoms with Crippen molar-refractivity contribution in [1.82, 2.24) is 20.2 Å². The number of H-pyrrole nitrogens is 1. The summed E-state index contributed by atoms with van der Waals surface area (Å²) in [6, 6.07) is 1.14. The van der Waals surface area contributed by atoms with Crippen molar-refractivity contribution in [2.45, 2.75) is 44.8 Å². The van der Waals surface area contributed by atoms with Crippen LogP contribution < -0.4 is 10.9 Å². The zero-order chi connectivity index (χ0) is 19.9. The molecule has 148 valence electrons. The molecule has 0 unspecified atom stereocenters. The van der Waals surface area contributed by atoms with Gasteiger partial charge in [-0.3, -0.25) is 19.3 Å². The van der Waals surface area contributed by atoms with Crippen LogP contribution in [0.5, 0.6) is 0 Å². The monoisotopic (exact) mass is 404 g/mol. The van der Waals surface area contributed by atoms with Gasteiger partial charge in [-0.15, -0.1) is 11.3 Å². The fraction of sp³-hybridized carbons (Fsp3) is 0.500. The quantitative estimate of drug-likeness (QED) is 0.589. The van der Waals surface area contributed by atoms with E-state index in [1.165, 1.54) is 11.3 Å². The van der Waals surface area contributed by atoms with Crippen molar-refractivity contribution in [3.63, 3.8) is 0 Å². The van der Waals surface area contributed by atoms with E-state index in [9.17, 15) is 19.2 Å². The highest BCUT2D eigenvalue weighted by Gasteiger charge is 2.55. The third-order valence-electron chi connectivity index (χ3n) is 5.52. The van der Waals surface area contributed by atoms with Crippen LogP contribution in [0.3, 0.4) is 0 Å². The molecule has 28 heavy (non-hydrogen) atoms. The summed E-state index contributed by atoms with van der Waals surface area (Å²) in [5.41, 5.74) is -0.678. The molecular weight excluding hydrogens is 384 g/mol. The number of aromatic nitrogens is 2. The maximum absolute atomic E-state index is 12.9. The molecule has 0 radical (unpaired) electrons. The number of carbonyl (C=O) groups is 3. The molecular formula is C18H20N4O5S. The van der Waals surface area contributed by atoms with Gasteiger partial charge in [0.15, 0.2) is 0 Å². The van der Waals surface area contributed by atoms with Gasteiger partial charge in [0, 0.05) is 0 Å². The first-order valence-electron chi connectivity index (χ1n) is 9.17. The van der Waals surface area contributed by atoms with E-state index < -0.39 is 24.1 Å². The molecule has 2 aromatic heterocycles. The molecule has 2 aromatic rings. The SMILES string of the molecule is C[C@@H]1CCCC[C@@]12NC(=O)N(CC(=O)OCc1nc3ccsc3c(=O)[nH]1)C2=O. The second kappa shape index (κ2) is 7.01. The number of hydrogen-bond acceptors (Lipinski definition) is 7. The number of rotatable bonds is 4. The topological polar surface area (TPSA) is 121 Å². The molecule has 2 N–H and O–H groups in total. The van der Waals surface area contributed by atoms with E-state index >= 15 is 0 Å². The fourth-order valence-electron chi connectivity index (χ4n) is 3.95. The normalized spacial score (nSPS) is 24.8. The van der Waals surface area contributed by atoms with Gasteiger partial charge in [0.25, 0.3) is 11.5 Å². The highest BCUT2D eigenvalue weighted by molar-refractivity contribution is 7.17. The van der Waals surface area contributed by atoms with E-state index in [1.54, 1.807) is 11.4 Å². The summed E-state index contributed by atoms with van der Waals surface area (Å²) in [6.45, 7) is 1.23. The molecule has 2 aliphatic rings. The lowest BCUT2D eigenvalue weighted by Crippen LogP contribution is -2.54. The van der Waals surface area contributed by atoms with Crippen molar-refractivity contribution in [3.05, 3.63) is 27.6 Å². The van der Waals surface area contributed by atoms with Crippen LogP contribution in [-0.4, -0.2) is 44.9 Å². The molecule has 3 amide bonds. The van der Waals surface area contributed by atoms with Crippen molar-refractivity contribution in [2.75, 3.05) is 6.54 Å². The number of fused-ring (bicyclic) bond motifs is 1. The first-order valence-corrected chi connectivity index (χ1v) is 10.0. The standard InChI is InChI=1S/C18H20N4O5S/c1-10-4-2-3-6-18(10)16(25)22(17(26)21-18)8-13(23)27-9-12-19-11-5-7-28-14(11)15(24)20-12/h5,7,10H,2-4,6,8-9H2,1H3,(H,21,26)(H,19,20,24)/t10-,18-/m1/s1. The van der Waals surface area contributed by atoms with Crippen molar-refractivity contribution in [1.29, 1.82) is 0 Å². The largest absolute Gasteiger partial charge is 0.456 e. The molecule has 9 nitrogen and oxygen atoms in total. The van der Waals surface area contributed by atoms with E-state index in [0.29, 0.717) is 16.6 Å². The van der Waals surface area contributed by atoms with Crippen molar-refractivity contribution in [2.24, 2.45) is 5.92 Å². The Balaban J connectivity index is 1.41. The maximum Gasteiger partial charge on any atom is 0.326 e. The van der Waals surface area contributed by atoms with E-state index in [-0.39, 0.29) is 29.8 Å². The molecule has 1 aliphatic carbocycles. The van der Waals surface area contributed by atoms with Gasteiger partial charge in [-0.05, 0) is 30.2 Å². The Morgan fingerprint density at radius 2 is 2.21 bits per heavy atom. The van der Waals surface area contributed by atoms with Crippen LogP contribution >= 0.6 is 11.3 Å². The molecule has 1 saturated carbocycles. The van der Waals surface area contributed by atoms with Crippen LogP contribution in [0, 0.1) is 5.92 Å². The van der Waals surface area contributed by atoms with Crippen molar-refractivity contribution in [3.8, 4) is 0 Å². The Labute approximate surface area is 164 Å². The zero-order valence-corrected chi connectivity index (χ0v) is 16.1. The molecule has 0 aromatic carbocycles. The Morgan fingerprint density at radius 3 is 3.00 bits per heavy atom. The molecule has 10 heteroatoms. The summed E-state index contributed by atoms with van der Waals surface area (Å²) in [7, 11) is 0. The van der Waals surface area contributed by atoms with Crippen LogP contribution in [-0.2, 0) is 20.9 Å². The summed E-state index contributed by atoms with van der Waals surface area (Å²) in [5, 5.41) is 4.55. The molecule has 0 bridgehead atoms. The fourth-order valence-corrected chi connectivity index (χ4v) is 4.68. The zero-order valence-electron chi connectivity index (χ0n) is 15.3. The van der Waals surface area contributed by atoms with E-state index in [4.69, 9.17) is 4.74 Å². The summed E-state index contributed by atoms with van der Waals surface area (Å²) in [5.74, 6) is -0.880. The predicted molar refractivity (Wildman–Crippen MR) is 101 cm³/mol. The smallest absolute Gasteiger partial charge is 0.326 e. The van der Waals surface area contributed by atoms with Crippen LogP contribution in [0.15, 0.2) is 16.2 Å². The molecule has 2 fully saturated rings. The third-order valence-corrected chi connectivity index (χ3v) is 6.42. The summed E-state index contributed by atoms with van der Waals surface area (Å²) in [6.07, 6.45) is 3.32. The number of carbonyl (C=O) groups excluding carboxylic acids is 3. The molecule has 1 spiro atoms. The Hall–Kier alpha value is -2.75. The van der Waals surface area contributed by atoms with Crippen molar-refractivity contribution >= 4 is 39.5 Å². The van der Waals surface area contributed by atoms with Gasteiger partial charge in [0.1, 0.15) is 29.2 Å². The average molecular weight is 404 g/mol. The number of nitrogens with zero attached hydrogens (tertiary/aromatic N) is 2. The first-order chi connectivity index (χ1) is 13.4. The van der Waals surface area contributed by atoms with Gasteiger partial charge >= 0.3 is 12.0 Å². The second-order valence-electron chi connectivity index (χ2n) is 7.25. The average Bonchev–Trinajstić information content (AvgIpc) is 3.22. The van der Waals surface area contributed by atoms with Gasteiger partial charge < -0.3 is 15.0 Å². The minimum Gasteiger partial charge on any atom is -0.456 e. The lowest BCUT2D eigenvalue weighted by atomic mass is 9.73. The number of amides is 3. The van der Waals surface area contributed by atoms with Gasteiger partial charge in [-0.25, -0.2) is 9.78 Å². The van der Waals surface area contributed by atoms with E-state index in [0.717, 1.165) is 24.2 Å². The number of hydrogen-bond donors (Lipinski definition) is 2. The van der Waals surface area contributed by atoms with Crippen LogP contribution in [0.1, 0.15) is 38.4 Å². The molecule has 1 saturated heterocycles. The number of nitrogens with one attached hydrogen (secondary N) is 2. The third kappa shape index (κ3) is 3.07. The van der Waals surface area contributed by atoms with Gasteiger partial charge in [0.05, 0.1) is 5.52 Å². The number of aromatic amines is 1. The number of imide groups is 1. The molecule has 4 rings (SSSR count). The van der Waals surface area contributed by atoms with Crippen LogP contribution in [0.25, 0.3) is 10.2 Å². The van der Waals surface area contributed by atoms with Gasteiger partial charge in [0.2, 0.25) is 0 Å². The minimum atomic E-state index is -0.910. The Bertz CT molecular complexity index is 1010. The number of esters is 1. The van der Waals surface area contributed by atoms with Crippen LogP contribution in [0.2, 0.25) is 0 Å².